The van der Waals surface area contributed by atoms with Gasteiger partial charge in [-0.25, -0.2) is 4.39 Å². The molecule has 0 spiro atoms. The molecule has 0 fully saturated rings. The summed E-state index contributed by atoms with van der Waals surface area (Å²) in [4.78, 5) is 12.5. The zero-order valence-electron chi connectivity index (χ0n) is 12.1. The fourth-order valence-electron chi connectivity index (χ4n) is 2.65. The van der Waals surface area contributed by atoms with Crippen LogP contribution in [0, 0.1) is 17.1 Å². The summed E-state index contributed by atoms with van der Waals surface area (Å²) in [6, 6.07) is 14.5. The second-order valence-corrected chi connectivity index (χ2v) is 5.22. The Hall–Kier alpha value is -3.13. The van der Waals surface area contributed by atoms with Crippen molar-refractivity contribution in [2.75, 3.05) is 0 Å². The summed E-state index contributed by atoms with van der Waals surface area (Å²) in [5, 5.41) is 9.35. The van der Waals surface area contributed by atoms with Gasteiger partial charge in [-0.15, -0.1) is 0 Å². The van der Waals surface area contributed by atoms with Gasteiger partial charge in [0.15, 0.2) is 5.78 Å². The highest BCUT2D eigenvalue weighted by atomic mass is 19.1. The van der Waals surface area contributed by atoms with Gasteiger partial charge in [0.05, 0.1) is 5.57 Å². The van der Waals surface area contributed by atoms with Gasteiger partial charge in [0.2, 0.25) is 5.88 Å². The maximum atomic E-state index is 13.0. The highest BCUT2D eigenvalue weighted by Gasteiger charge is 2.30. The third kappa shape index (κ3) is 2.79. The van der Waals surface area contributed by atoms with E-state index in [0.717, 1.165) is 5.56 Å². The van der Waals surface area contributed by atoms with Gasteiger partial charge in [0.1, 0.15) is 17.6 Å². The predicted octanol–water partition coefficient (Wildman–Crippen LogP) is 3.27. The molecule has 2 aromatic rings. The molecule has 0 aliphatic carbocycles. The van der Waals surface area contributed by atoms with Crippen molar-refractivity contribution in [3.63, 3.8) is 0 Å². The molecular weight excluding hydrogens is 295 g/mol. The summed E-state index contributed by atoms with van der Waals surface area (Å²) in [6.45, 7) is 0. The van der Waals surface area contributed by atoms with Gasteiger partial charge in [0, 0.05) is 23.5 Å². The van der Waals surface area contributed by atoms with Crippen LogP contribution >= 0.6 is 0 Å². The van der Waals surface area contributed by atoms with Crippen LogP contribution in [-0.4, -0.2) is 5.78 Å². The van der Waals surface area contributed by atoms with Crippen LogP contribution in [0.2, 0.25) is 0 Å². The minimum absolute atomic E-state index is 0.0168. The van der Waals surface area contributed by atoms with Crippen molar-refractivity contribution in [2.45, 2.75) is 12.3 Å². The first-order valence-electron chi connectivity index (χ1n) is 7.05. The van der Waals surface area contributed by atoms with E-state index in [4.69, 9.17) is 10.5 Å². The number of nitrogens with two attached hydrogens (primary N) is 1. The average Bonchev–Trinajstić information content (AvgIpc) is 2.55. The fraction of sp³-hybridized carbons (Fsp3) is 0.111. The number of nitriles is 1. The molecule has 1 aliphatic heterocycles. The molecule has 0 amide bonds. The first kappa shape index (κ1) is 14.8. The summed E-state index contributed by atoms with van der Waals surface area (Å²) in [5.41, 5.74) is 7.18. The Labute approximate surface area is 132 Å². The number of benzene rings is 2. The molecule has 114 valence electrons. The summed E-state index contributed by atoms with van der Waals surface area (Å²) in [5.74, 6) is -0.501. The smallest absolute Gasteiger partial charge is 0.205 e. The van der Waals surface area contributed by atoms with Crippen molar-refractivity contribution in [3.05, 3.63) is 76.9 Å². The van der Waals surface area contributed by atoms with Crippen molar-refractivity contribution in [1.29, 1.82) is 5.26 Å². The van der Waals surface area contributed by atoms with Crippen LogP contribution in [0.25, 0.3) is 0 Å². The van der Waals surface area contributed by atoms with E-state index in [1.54, 1.807) is 12.1 Å². The molecule has 1 atom stereocenters. The molecule has 1 aliphatic rings. The number of Topliss-reactive ketones (excluding diaryl/α,β-unsaturated/α-hetero) is 1. The molecule has 0 saturated heterocycles. The molecule has 1 unspecified atom stereocenters. The maximum Gasteiger partial charge on any atom is 0.205 e. The van der Waals surface area contributed by atoms with E-state index in [9.17, 15) is 14.4 Å². The van der Waals surface area contributed by atoms with Crippen LogP contribution in [0.4, 0.5) is 4.39 Å². The molecule has 0 aromatic heterocycles. The number of nitrogens with zero attached hydrogens (tertiary/aromatic N) is 1. The molecule has 0 saturated carbocycles. The number of ketones is 1. The van der Waals surface area contributed by atoms with Gasteiger partial charge >= 0.3 is 0 Å². The highest BCUT2D eigenvalue weighted by Crippen LogP contribution is 2.40. The number of allylic oxidation sites excluding steroid dienone is 1. The number of carbonyl (C=O) groups is 1. The van der Waals surface area contributed by atoms with Crippen LogP contribution in [0.3, 0.4) is 0 Å². The third-order valence-electron chi connectivity index (χ3n) is 3.80. The topological polar surface area (TPSA) is 76.1 Å². The Morgan fingerprint density at radius 2 is 1.91 bits per heavy atom. The van der Waals surface area contributed by atoms with Crippen LogP contribution in [0.15, 0.2) is 60.0 Å². The largest absolute Gasteiger partial charge is 0.440 e. The Bertz CT molecular complexity index is 835. The van der Waals surface area contributed by atoms with Gasteiger partial charge in [-0.05, 0) is 30.3 Å². The SMILES string of the molecule is N#CC1=C(N)Oc2ccccc2C1CC(=O)c1ccc(F)cc1. The lowest BCUT2D eigenvalue weighted by Gasteiger charge is -2.25. The summed E-state index contributed by atoms with van der Waals surface area (Å²) in [6.07, 6.45) is 0.0651. The number of hydrogen-bond donors (Lipinski definition) is 1. The van der Waals surface area contributed by atoms with Gasteiger partial charge < -0.3 is 10.5 Å². The van der Waals surface area contributed by atoms with E-state index in [1.807, 2.05) is 18.2 Å². The average molecular weight is 308 g/mol. The number of ether oxygens (including phenoxy) is 1. The van der Waals surface area contributed by atoms with E-state index in [-0.39, 0.29) is 23.7 Å². The molecule has 2 aromatic carbocycles. The lowest BCUT2D eigenvalue weighted by Crippen LogP contribution is -2.22. The number of hydrogen-bond acceptors (Lipinski definition) is 4. The Morgan fingerprint density at radius 3 is 2.61 bits per heavy atom. The van der Waals surface area contributed by atoms with E-state index in [2.05, 4.69) is 0 Å². The minimum atomic E-state index is -0.470. The molecule has 0 bridgehead atoms. The van der Waals surface area contributed by atoms with Gasteiger partial charge in [-0.3, -0.25) is 4.79 Å². The monoisotopic (exact) mass is 308 g/mol. The highest BCUT2D eigenvalue weighted by molar-refractivity contribution is 5.97. The molecule has 0 radical (unpaired) electrons. The molecule has 4 nitrogen and oxygen atoms in total. The first-order valence-corrected chi connectivity index (χ1v) is 7.05. The van der Waals surface area contributed by atoms with Crippen LogP contribution in [0.1, 0.15) is 28.3 Å². The fourth-order valence-corrected chi connectivity index (χ4v) is 2.65. The Kier molecular flexibility index (Phi) is 3.82. The maximum absolute atomic E-state index is 13.0. The first-order chi connectivity index (χ1) is 11.1. The molecule has 1 heterocycles. The number of halogens is 1. The predicted molar refractivity (Wildman–Crippen MR) is 82.0 cm³/mol. The quantitative estimate of drug-likeness (QED) is 0.883. The standard InChI is InChI=1S/C18H13FN2O2/c19-12-7-5-11(6-8-12)16(22)9-14-13-3-1-2-4-17(13)23-18(21)15(14)10-20/h1-8,14H,9,21H2. The van der Waals surface area contributed by atoms with Crippen LogP contribution in [-0.2, 0) is 0 Å². The Morgan fingerprint density at radius 1 is 1.22 bits per heavy atom. The van der Waals surface area contributed by atoms with Crippen molar-refractivity contribution >= 4 is 5.78 Å². The summed E-state index contributed by atoms with van der Waals surface area (Å²) >= 11 is 0. The van der Waals surface area contributed by atoms with Crippen LogP contribution < -0.4 is 10.5 Å². The van der Waals surface area contributed by atoms with Crippen molar-refractivity contribution < 1.29 is 13.9 Å². The lowest BCUT2D eigenvalue weighted by molar-refractivity contribution is 0.0976. The summed E-state index contributed by atoms with van der Waals surface area (Å²) < 4.78 is 18.4. The van der Waals surface area contributed by atoms with Crippen molar-refractivity contribution in [1.82, 2.24) is 0 Å². The van der Waals surface area contributed by atoms with Crippen LogP contribution in [0.5, 0.6) is 5.75 Å². The zero-order valence-corrected chi connectivity index (χ0v) is 12.1. The minimum Gasteiger partial charge on any atom is -0.440 e. The van der Waals surface area contributed by atoms with Gasteiger partial charge in [-0.1, -0.05) is 18.2 Å². The molecule has 3 rings (SSSR count). The Balaban J connectivity index is 1.95. The van der Waals surface area contributed by atoms with E-state index >= 15 is 0 Å². The van der Waals surface area contributed by atoms with E-state index < -0.39 is 11.7 Å². The van der Waals surface area contributed by atoms with E-state index in [1.165, 1.54) is 24.3 Å². The zero-order chi connectivity index (χ0) is 16.4. The van der Waals surface area contributed by atoms with Crippen molar-refractivity contribution in [2.24, 2.45) is 5.73 Å². The molecule has 5 heteroatoms. The molecule has 2 N–H and O–H groups in total. The van der Waals surface area contributed by atoms with E-state index in [0.29, 0.717) is 11.3 Å². The molecular formula is C18H13FN2O2. The second kappa shape index (κ2) is 5.93. The van der Waals surface area contributed by atoms with Gasteiger partial charge in [-0.2, -0.15) is 5.26 Å². The second-order valence-electron chi connectivity index (χ2n) is 5.22. The third-order valence-corrected chi connectivity index (χ3v) is 3.80. The van der Waals surface area contributed by atoms with Crippen molar-refractivity contribution in [3.8, 4) is 11.8 Å². The molecule has 23 heavy (non-hydrogen) atoms. The lowest BCUT2D eigenvalue weighted by atomic mass is 9.84. The number of para-hydroxylation sites is 1. The number of carbonyl (C=O) groups excluding carboxylic acids is 1. The summed E-state index contributed by atoms with van der Waals surface area (Å²) in [7, 11) is 0. The number of rotatable bonds is 3. The number of fused-ring (bicyclic) bond motifs is 1. The van der Waals surface area contributed by atoms with Gasteiger partial charge in [0.25, 0.3) is 0 Å². The normalized spacial score (nSPS) is 16.3.